The van der Waals surface area contributed by atoms with Crippen LogP contribution < -0.4 is 4.57 Å². The molecule has 0 saturated carbocycles. The van der Waals surface area contributed by atoms with Gasteiger partial charge in [-0.2, -0.15) is 0 Å². The molecule has 0 bridgehead atoms. The van der Waals surface area contributed by atoms with Crippen LogP contribution in [0.25, 0.3) is 55.4 Å². The second-order valence-electron chi connectivity index (χ2n) is 8.73. The lowest BCUT2D eigenvalue weighted by atomic mass is 9.95. The van der Waals surface area contributed by atoms with Gasteiger partial charge in [-0.05, 0) is 49.5 Å². The van der Waals surface area contributed by atoms with Gasteiger partial charge >= 0.3 is 0 Å². The zero-order chi connectivity index (χ0) is 25.2. The van der Waals surface area contributed by atoms with Gasteiger partial charge in [0, 0.05) is 31.9 Å². The van der Waals surface area contributed by atoms with E-state index in [0.717, 1.165) is 55.2 Å². The van der Waals surface area contributed by atoms with Crippen molar-refractivity contribution < 1.29 is 13.1 Å². The molecule has 3 nitrogen and oxygen atoms in total. The van der Waals surface area contributed by atoms with Crippen molar-refractivity contribution in [1.29, 1.82) is 0 Å². The number of nitrogens with zero attached hydrogens (tertiary/aromatic N) is 2. The summed E-state index contributed by atoms with van der Waals surface area (Å²) in [6.07, 6.45) is 1.73. The van der Waals surface area contributed by atoms with E-state index in [1.54, 1.807) is 6.20 Å². The summed E-state index contributed by atoms with van der Waals surface area (Å²) in [5.41, 5.74) is 8.09. The molecule has 160 valence electrons. The molecule has 3 heterocycles. The van der Waals surface area contributed by atoms with E-state index in [1.807, 2.05) is 67.1 Å². The minimum atomic E-state index is -2.25. The molecule has 0 spiro atoms. The minimum absolute atomic E-state index is 0.319. The number of furan rings is 1. The highest BCUT2D eigenvalue weighted by Gasteiger charge is 2.23. The molecular formula is C30H25N2O+. The monoisotopic (exact) mass is 432 g/mol. The zero-order valence-electron chi connectivity index (χ0n) is 21.8. The Kier molecular flexibility index (Phi) is 3.67. The molecule has 3 heteroatoms. The summed E-state index contributed by atoms with van der Waals surface area (Å²) in [6.45, 7) is 1.82. The predicted octanol–water partition coefficient (Wildman–Crippen LogP) is 7.22. The van der Waals surface area contributed by atoms with Gasteiger partial charge in [-0.1, -0.05) is 60.2 Å². The van der Waals surface area contributed by atoms with Gasteiger partial charge < -0.3 is 4.42 Å². The highest BCUT2D eigenvalue weighted by Crippen LogP contribution is 2.38. The Morgan fingerprint density at radius 3 is 2.52 bits per heavy atom. The van der Waals surface area contributed by atoms with Crippen LogP contribution in [0.3, 0.4) is 0 Å². The summed E-state index contributed by atoms with van der Waals surface area (Å²) in [4.78, 5) is 4.77. The van der Waals surface area contributed by atoms with Crippen LogP contribution in [0.15, 0.2) is 83.4 Å². The van der Waals surface area contributed by atoms with E-state index >= 15 is 0 Å². The van der Waals surface area contributed by atoms with E-state index in [9.17, 15) is 0 Å². The van der Waals surface area contributed by atoms with Crippen molar-refractivity contribution in [3.63, 3.8) is 0 Å². The molecule has 3 aromatic heterocycles. The van der Waals surface area contributed by atoms with Crippen molar-refractivity contribution in [3.8, 4) is 22.4 Å². The molecule has 0 saturated heterocycles. The van der Waals surface area contributed by atoms with Gasteiger partial charge in [0.15, 0.2) is 11.8 Å². The van der Waals surface area contributed by atoms with Gasteiger partial charge in [0.1, 0.15) is 7.05 Å². The molecule has 0 unspecified atom stereocenters. The summed E-state index contributed by atoms with van der Waals surface area (Å²) in [7, 11) is 1.89. The fraction of sp³-hybridized carbons (Fsp3) is 0.133. The summed E-state index contributed by atoms with van der Waals surface area (Å²) < 4.78 is 32.9. The standard InChI is InChI=1S/C30H25N2O/c1-18-9-12-21(13-10-18)24-16-27(32(4)17-20(24)3)28-19(2)11-14-23-25-15-22-7-5-6-8-26(22)31-30(25)33-29(23)28/h5-17H,1-4H3/q+1/i3D3. The van der Waals surface area contributed by atoms with Crippen LogP contribution >= 0.6 is 0 Å². The molecule has 0 N–H and O–H groups in total. The molecule has 0 amide bonds. The third-order valence-corrected chi connectivity index (χ3v) is 6.44. The van der Waals surface area contributed by atoms with Gasteiger partial charge in [0.05, 0.1) is 11.1 Å². The fourth-order valence-electron chi connectivity index (χ4n) is 4.65. The second-order valence-corrected chi connectivity index (χ2v) is 8.73. The molecular weight excluding hydrogens is 404 g/mol. The van der Waals surface area contributed by atoms with E-state index < -0.39 is 6.85 Å². The van der Waals surface area contributed by atoms with Crippen LogP contribution in [-0.2, 0) is 7.05 Å². The van der Waals surface area contributed by atoms with Crippen molar-refractivity contribution in [1.82, 2.24) is 4.98 Å². The van der Waals surface area contributed by atoms with Gasteiger partial charge in [-0.15, -0.1) is 0 Å². The van der Waals surface area contributed by atoms with Crippen LogP contribution in [0.2, 0.25) is 0 Å². The summed E-state index contributed by atoms with van der Waals surface area (Å²) in [5.74, 6) is 0. The average Bonchev–Trinajstić information content (AvgIpc) is 3.20. The van der Waals surface area contributed by atoms with E-state index in [2.05, 4.69) is 31.2 Å². The Morgan fingerprint density at radius 2 is 1.70 bits per heavy atom. The topological polar surface area (TPSA) is 29.9 Å². The summed E-state index contributed by atoms with van der Waals surface area (Å²) in [6, 6.07) is 24.3. The Hall–Kier alpha value is -3.98. The average molecular weight is 433 g/mol. The van der Waals surface area contributed by atoms with E-state index in [4.69, 9.17) is 13.5 Å². The number of aryl methyl sites for hydroxylation is 4. The van der Waals surface area contributed by atoms with Gasteiger partial charge in [0.25, 0.3) is 0 Å². The number of rotatable bonds is 2. The number of fused-ring (bicyclic) bond motifs is 4. The van der Waals surface area contributed by atoms with Gasteiger partial charge in [-0.3, -0.25) is 0 Å². The van der Waals surface area contributed by atoms with Crippen molar-refractivity contribution in [2.75, 3.05) is 0 Å². The molecule has 6 rings (SSSR count). The molecule has 0 aliphatic rings. The summed E-state index contributed by atoms with van der Waals surface area (Å²) in [5, 5.41) is 3.01. The largest absolute Gasteiger partial charge is 0.437 e. The lowest BCUT2D eigenvalue weighted by molar-refractivity contribution is -0.660. The maximum atomic E-state index is 8.19. The normalized spacial score (nSPS) is 13.4. The predicted molar refractivity (Wildman–Crippen MR) is 135 cm³/mol. The first-order chi connectivity index (χ1) is 17.2. The van der Waals surface area contributed by atoms with Crippen molar-refractivity contribution >= 4 is 33.0 Å². The number of para-hydroxylation sites is 1. The number of hydrogen-bond donors (Lipinski definition) is 0. The van der Waals surface area contributed by atoms with E-state index in [1.165, 1.54) is 0 Å². The van der Waals surface area contributed by atoms with E-state index in [-0.39, 0.29) is 0 Å². The second kappa shape index (κ2) is 7.28. The van der Waals surface area contributed by atoms with Crippen LogP contribution in [-0.4, -0.2) is 4.98 Å². The minimum Gasteiger partial charge on any atom is -0.437 e. The first-order valence-corrected chi connectivity index (χ1v) is 11.0. The van der Waals surface area contributed by atoms with Crippen LogP contribution in [0.5, 0.6) is 0 Å². The first-order valence-electron chi connectivity index (χ1n) is 12.5. The molecule has 0 aliphatic carbocycles. The third-order valence-electron chi connectivity index (χ3n) is 6.44. The Bertz CT molecular complexity index is 1800. The summed E-state index contributed by atoms with van der Waals surface area (Å²) >= 11 is 0. The molecule has 6 aromatic rings. The first kappa shape index (κ1) is 16.6. The number of hydrogen-bond acceptors (Lipinski definition) is 2. The number of pyridine rings is 2. The van der Waals surface area contributed by atoms with Crippen LogP contribution in [0.1, 0.15) is 20.8 Å². The highest BCUT2D eigenvalue weighted by atomic mass is 16.3. The lowest BCUT2D eigenvalue weighted by Gasteiger charge is -2.10. The molecule has 33 heavy (non-hydrogen) atoms. The van der Waals surface area contributed by atoms with Crippen molar-refractivity contribution in [2.24, 2.45) is 7.05 Å². The lowest BCUT2D eigenvalue weighted by Crippen LogP contribution is -2.31. The Morgan fingerprint density at radius 1 is 0.879 bits per heavy atom. The maximum absolute atomic E-state index is 8.19. The Balaban J connectivity index is 1.67. The molecule has 0 fully saturated rings. The highest BCUT2D eigenvalue weighted by molar-refractivity contribution is 6.11. The molecule has 0 radical (unpaired) electrons. The van der Waals surface area contributed by atoms with Gasteiger partial charge in [-0.25, -0.2) is 9.55 Å². The van der Waals surface area contributed by atoms with E-state index in [0.29, 0.717) is 16.8 Å². The fourth-order valence-corrected chi connectivity index (χ4v) is 4.65. The number of benzene rings is 3. The number of aromatic nitrogens is 2. The third kappa shape index (κ3) is 3.12. The van der Waals surface area contributed by atoms with Crippen LogP contribution in [0, 0.1) is 20.7 Å². The van der Waals surface area contributed by atoms with Gasteiger partial charge in [0.2, 0.25) is 11.4 Å². The SMILES string of the molecule is [2H]C([2H])([2H])c1c[n+](C)c(-c2c(C)ccc3c2oc2nc4ccccc4cc23)cc1-c1ccc(C)cc1. The van der Waals surface area contributed by atoms with Crippen LogP contribution in [0.4, 0.5) is 0 Å². The van der Waals surface area contributed by atoms with Crippen molar-refractivity contribution in [3.05, 3.63) is 95.7 Å². The maximum Gasteiger partial charge on any atom is 0.227 e. The molecule has 0 aliphatic heterocycles. The smallest absolute Gasteiger partial charge is 0.227 e. The zero-order valence-corrected chi connectivity index (χ0v) is 18.8. The Labute approximate surface area is 197 Å². The quantitative estimate of drug-likeness (QED) is 0.270. The van der Waals surface area contributed by atoms with Crippen molar-refractivity contribution in [2.45, 2.75) is 20.7 Å². The molecule has 3 aromatic carbocycles. The molecule has 0 atom stereocenters.